The fraction of sp³-hybridized carbons (Fsp3) is 0.500. The first-order valence-corrected chi connectivity index (χ1v) is 10.3. The zero-order valence-electron chi connectivity index (χ0n) is 13.6. The van der Waals surface area contributed by atoms with Crippen LogP contribution in [0, 0.1) is 0 Å². The first kappa shape index (κ1) is 16.0. The number of unbranched alkanes of at least 4 members (excludes halogenated alkanes) is 6. The summed E-state index contributed by atoms with van der Waals surface area (Å²) in [6, 6.07) is 4.73. The molecule has 0 aromatic carbocycles. The highest BCUT2D eigenvalue weighted by atomic mass is 32.1. The highest BCUT2D eigenvalue weighted by Gasteiger charge is 2.40. The molecule has 0 N–H and O–H groups in total. The van der Waals surface area contributed by atoms with Crippen LogP contribution in [-0.4, -0.2) is 0 Å². The summed E-state index contributed by atoms with van der Waals surface area (Å²) < 4.78 is 0. The van der Waals surface area contributed by atoms with Crippen LogP contribution < -0.4 is 0 Å². The van der Waals surface area contributed by atoms with Gasteiger partial charge in [0.15, 0.2) is 0 Å². The molecule has 0 spiro atoms. The highest BCUT2D eigenvalue weighted by molar-refractivity contribution is 7.21. The molecule has 1 aliphatic carbocycles. The molecule has 0 bridgehead atoms. The van der Waals surface area contributed by atoms with Crippen LogP contribution in [0.3, 0.4) is 0 Å². The quantitative estimate of drug-likeness (QED) is 0.332. The zero-order chi connectivity index (χ0) is 15.4. The van der Waals surface area contributed by atoms with Gasteiger partial charge in [0.25, 0.3) is 0 Å². The monoisotopic (exact) mass is 330 g/mol. The molecule has 0 fully saturated rings. The molecule has 3 rings (SSSR count). The van der Waals surface area contributed by atoms with Gasteiger partial charge in [-0.25, -0.2) is 0 Å². The van der Waals surface area contributed by atoms with Crippen LogP contribution in [-0.2, 0) is 5.41 Å². The number of allylic oxidation sites excluding steroid dienone is 1. The minimum absolute atomic E-state index is 0.271. The fourth-order valence-electron chi connectivity index (χ4n) is 3.73. The molecule has 0 atom stereocenters. The van der Waals surface area contributed by atoms with Gasteiger partial charge in [-0.3, -0.25) is 0 Å². The first-order valence-electron chi connectivity index (χ1n) is 8.54. The Balaban J connectivity index is 1.52. The predicted molar refractivity (Wildman–Crippen MR) is 101 cm³/mol. The van der Waals surface area contributed by atoms with Gasteiger partial charge in [0.05, 0.1) is 0 Å². The summed E-state index contributed by atoms with van der Waals surface area (Å²) in [5, 5.41) is 4.54. The second kappa shape index (κ2) is 7.14. The van der Waals surface area contributed by atoms with Crippen molar-refractivity contribution in [2.45, 2.75) is 63.7 Å². The molecule has 0 unspecified atom stereocenters. The largest absolute Gasteiger partial charge is 0.143 e. The lowest BCUT2D eigenvalue weighted by molar-refractivity contribution is 0.481. The van der Waals surface area contributed by atoms with Gasteiger partial charge in [0.2, 0.25) is 0 Å². The Morgan fingerprint density at radius 2 is 1.45 bits per heavy atom. The molecule has 0 aliphatic heterocycles. The van der Waals surface area contributed by atoms with Crippen LogP contribution in [0.5, 0.6) is 0 Å². The van der Waals surface area contributed by atoms with E-state index >= 15 is 0 Å². The van der Waals surface area contributed by atoms with E-state index in [2.05, 4.69) is 36.4 Å². The minimum atomic E-state index is 0.271. The number of rotatable bonds is 9. The SMILES string of the molecule is C=CCCCCCCCCC1(C)c2ccsc2-c2sccc21. The Bertz CT molecular complexity index is 577. The first-order chi connectivity index (χ1) is 10.8. The maximum absolute atomic E-state index is 3.79. The molecule has 2 aromatic rings. The van der Waals surface area contributed by atoms with Crippen LogP contribution in [0.4, 0.5) is 0 Å². The Morgan fingerprint density at radius 3 is 2.05 bits per heavy atom. The van der Waals surface area contributed by atoms with E-state index in [1.54, 1.807) is 11.1 Å². The molecule has 2 heterocycles. The summed E-state index contributed by atoms with van der Waals surface area (Å²) in [7, 11) is 0. The van der Waals surface area contributed by atoms with E-state index in [4.69, 9.17) is 0 Å². The molecule has 0 saturated heterocycles. The smallest absolute Gasteiger partial charge is 0.0486 e. The topological polar surface area (TPSA) is 0 Å². The predicted octanol–water partition coefficient (Wildman–Crippen LogP) is 7.40. The van der Waals surface area contributed by atoms with E-state index in [1.807, 2.05) is 28.7 Å². The van der Waals surface area contributed by atoms with Crippen molar-refractivity contribution in [1.29, 1.82) is 0 Å². The fourth-order valence-corrected chi connectivity index (χ4v) is 5.97. The van der Waals surface area contributed by atoms with Gasteiger partial charge in [-0.2, -0.15) is 0 Å². The molecular formula is C20H26S2. The molecule has 2 aromatic heterocycles. The maximum atomic E-state index is 3.79. The van der Waals surface area contributed by atoms with E-state index in [0.29, 0.717) is 0 Å². The van der Waals surface area contributed by atoms with E-state index in [9.17, 15) is 0 Å². The maximum Gasteiger partial charge on any atom is 0.0486 e. The highest BCUT2D eigenvalue weighted by Crippen LogP contribution is 2.55. The zero-order valence-corrected chi connectivity index (χ0v) is 15.2. The number of fused-ring (bicyclic) bond motifs is 3. The summed E-state index contributed by atoms with van der Waals surface area (Å²) in [6.45, 7) is 6.25. The summed E-state index contributed by atoms with van der Waals surface area (Å²) in [5.74, 6) is 0. The van der Waals surface area contributed by atoms with E-state index in [1.165, 1.54) is 61.1 Å². The summed E-state index contributed by atoms with van der Waals surface area (Å²) in [5.41, 5.74) is 3.45. The molecule has 1 aliphatic rings. The number of hydrogen-bond donors (Lipinski definition) is 0. The van der Waals surface area contributed by atoms with Crippen LogP contribution in [0.25, 0.3) is 9.75 Å². The Hall–Kier alpha value is -0.860. The average molecular weight is 331 g/mol. The molecule has 0 radical (unpaired) electrons. The second-order valence-corrected chi connectivity index (χ2v) is 8.44. The minimum Gasteiger partial charge on any atom is -0.143 e. The van der Waals surface area contributed by atoms with Crippen LogP contribution >= 0.6 is 22.7 Å². The summed E-state index contributed by atoms with van der Waals surface area (Å²) in [4.78, 5) is 3.08. The summed E-state index contributed by atoms with van der Waals surface area (Å²) in [6.07, 6.45) is 12.7. The van der Waals surface area contributed by atoms with Crippen LogP contribution in [0.2, 0.25) is 0 Å². The van der Waals surface area contributed by atoms with E-state index in [-0.39, 0.29) is 5.41 Å². The molecule has 2 heteroatoms. The second-order valence-electron chi connectivity index (χ2n) is 6.61. The van der Waals surface area contributed by atoms with Gasteiger partial charge in [0.1, 0.15) is 0 Å². The third-order valence-corrected chi connectivity index (χ3v) is 7.05. The Kier molecular flexibility index (Phi) is 5.20. The van der Waals surface area contributed by atoms with E-state index in [0.717, 1.165) is 0 Å². The van der Waals surface area contributed by atoms with Crippen molar-refractivity contribution in [3.8, 4) is 9.75 Å². The van der Waals surface area contributed by atoms with Crippen molar-refractivity contribution >= 4 is 22.7 Å². The van der Waals surface area contributed by atoms with Crippen molar-refractivity contribution < 1.29 is 0 Å². The van der Waals surface area contributed by atoms with Crippen molar-refractivity contribution in [3.05, 3.63) is 46.7 Å². The molecule has 0 amide bonds. The van der Waals surface area contributed by atoms with Gasteiger partial charge in [-0.15, -0.1) is 29.3 Å². The van der Waals surface area contributed by atoms with Crippen LogP contribution in [0.1, 0.15) is 69.4 Å². The summed E-state index contributed by atoms with van der Waals surface area (Å²) >= 11 is 3.84. The molecule has 22 heavy (non-hydrogen) atoms. The number of hydrogen-bond acceptors (Lipinski definition) is 2. The van der Waals surface area contributed by atoms with Gasteiger partial charge in [-0.05, 0) is 53.3 Å². The van der Waals surface area contributed by atoms with Gasteiger partial charge in [0, 0.05) is 15.2 Å². The number of thiophene rings is 2. The lowest BCUT2D eigenvalue weighted by Crippen LogP contribution is -2.19. The van der Waals surface area contributed by atoms with Crippen molar-refractivity contribution in [1.82, 2.24) is 0 Å². The van der Waals surface area contributed by atoms with Crippen molar-refractivity contribution in [2.75, 3.05) is 0 Å². The normalized spacial score (nSPS) is 14.8. The van der Waals surface area contributed by atoms with E-state index < -0.39 is 0 Å². The van der Waals surface area contributed by atoms with Crippen LogP contribution in [0.15, 0.2) is 35.5 Å². The molecule has 0 saturated carbocycles. The average Bonchev–Trinajstić information content (AvgIpc) is 3.20. The Morgan fingerprint density at radius 1 is 0.909 bits per heavy atom. The molecule has 118 valence electrons. The molecule has 0 nitrogen and oxygen atoms in total. The van der Waals surface area contributed by atoms with Crippen molar-refractivity contribution in [3.63, 3.8) is 0 Å². The Labute approximate surface area is 142 Å². The third-order valence-electron chi connectivity index (χ3n) is 5.06. The lowest BCUT2D eigenvalue weighted by atomic mass is 9.77. The van der Waals surface area contributed by atoms with Gasteiger partial charge >= 0.3 is 0 Å². The standard InChI is InChI=1S/C20H26S2/c1-3-4-5-6-7-8-9-10-13-20(2)16-11-14-21-18(16)19-17(20)12-15-22-19/h3,11-12,14-15H,1,4-10,13H2,2H3. The van der Waals surface area contributed by atoms with Crippen molar-refractivity contribution in [2.24, 2.45) is 0 Å². The van der Waals surface area contributed by atoms with Gasteiger partial charge in [-0.1, -0.05) is 45.1 Å². The molecular weight excluding hydrogens is 304 g/mol. The lowest BCUT2D eigenvalue weighted by Gasteiger charge is -2.25. The van der Waals surface area contributed by atoms with Gasteiger partial charge < -0.3 is 0 Å². The third kappa shape index (κ3) is 2.96.